The Kier molecular flexibility index (Phi) is 8.44. The fourth-order valence-corrected chi connectivity index (χ4v) is 3.69. The molecule has 2 heterocycles. The number of anilines is 1. The molecule has 0 spiro atoms. The van der Waals surface area contributed by atoms with Gasteiger partial charge in [0, 0.05) is 29.9 Å². The largest absolute Gasteiger partial charge is 0.464 e. The second kappa shape index (κ2) is 12.1. The van der Waals surface area contributed by atoms with Crippen molar-refractivity contribution < 1.29 is 23.9 Å². The minimum absolute atomic E-state index is 0.166. The summed E-state index contributed by atoms with van der Waals surface area (Å²) in [6.07, 6.45) is 2.59. The maximum absolute atomic E-state index is 13.3. The fourth-order valence-electron chi connectivity index (χ4n) is 3.56. The predicted octanol–water partition coefficient (Wildman–Crippen LogP) is 4.01. The van der Waals surface area contributed by atoms with Crippen molar-refractivity contribution in [2.45, 2.75) is 26.2 Å². The number of amides is 2. The van der Waals surface area contributed by atoms with Crippen molar-refractivity contribution >= 4 is 35.1 Å². The SMILES string of the molecule is CCC(=O)NC1=CNC(Nc2ccc(Oc3ccc(C(=O)OC)nc3)cc2)N(Cc2ccc(Cl)cc2)C1=O. The lowest BCUT2D eigenvalue weighted by atomic mass is 10.2. The third-order valence-corrected chi connectivity index (χ3v) is 5.83. The molecule has 10 nitrogen and oxygen atoms in total. The molecule has 2 amide bonds. The van der Waals surface area contributed by atoms with Gasteiger partial charge in [0.1, 0.15) is 22.9 Å². The molecule has 4 rings (SSSR count). The number of carbonyl (C=O) groups is 3. The number of hydrogen-bond donors (Lipinski definition) is 3. The Morgan fingerprint density at radius 3 is 2.39 bits per heavy atom. The molecular formula is C27H26ClN5O5. The first-order valence-electron chi connectivity index (χ1n) is 11.8. The standard InChI is InChI=1S/C27H26ClN5O5/c1-3-24(34)32-23-15-30-27(33(25(23)35)16-17-4-6-18(28)7-5-17)31-19-8-10-20(11-9-19)38-21-12-13-22(29-14-21)26(36)37-2/h4-15,27,30-31H,3,16H2,1-2H3,(H,32,34). The van der Waals surface area contributed by atoms with Gasteiger partial charge >= 0.3 is 5.97 Å². The van der Waals surface area contributed by atoms with Crippen molar-refractivity contribution in [3.63, 3.8) is 0 Å². The summed E-state index contributed by atoms with van der Waals surface area (Å²) in [4.78, 5) is 42.3. The van der Waals surface area contributed by atoms with Gasteiger partial charge in [-0.1, -0.05) is 30.7 Å². The monoisotopic (exact) mass is 535 g/mol. The van der Waals surface area contributed by atoms with Crippen molar-refractivity contribution in [1.29, 1.82) is 0 Å². The quantitative estimate of drug-likeness (QED) is 0.351. The van der Waals surface area contributed by atoms with Crippen LogP contribution in [0.3, 0.4) is 0 Å². The summed E-state index contributed by atoms with van der Waals surface area (Å²) in [6.45, 7) is 1.99. The Hall–Kier alpha value is -4.57. The van der Waals surface area contributed by atoms with Crippen LogP contribution in [0.25, 0.3) is 0 Å². The van der Waals surface area contributed by atoms with Crippen LogP contribution in [0.5, 0.6) is 11.5 Å². The zero-order valence-electron chi connectivity index (χ0n) is 20.7. The molecule has 0 radical (unpaired) electrons. The van der Waals surface area contributed by atoms with Gasteiger partial charge in [0.15, 0.2) is 6.29 Å². The first-order valence-corrected chi connectivity index (χ1v) is 12.1. The first-order chi connectivity index (χ1) is 18.4. The van der Waals surface area contributed by atoms with E-state index in [1.165, 1.54) is 25.6 Å². The molecule has 0 fully saturated rings. The van der Waals surface area contributed by atoms with E-state index in [0.29, 0.717) is 16.5 Å². The lowest BCUT2D eigenvalue weighted by Crippen LogP contribution is -2.56. The van der Waals surface area contributed by atoms with Crippen LogP contribution in [0.15, 0.2) is 78.8 Å². The number of carbonyl (C=O) groups excluding carboxylic acids is 3. The highest BCUT2D eigenvalue weighted by molar-refractivity contribution is 6.30. The summed E-state index contributed by atoms with van der Waals surface area (Å²) in [5, 5.41) is 9.68. The van der Waals surface area contributed by atoms with Gasteiger partial charge in [-0.05, 0) is 54.1 Å². The van der Waals surface area contributed by atoms with Gasteiger partial charge in [0.2, 0.25) is 5.91 Å². The number of aromatic nitrogens is 1. The van der Waals surface area contributed by atoms with Crippen LogP contribution in [0.1, 0.15) is 29.4 Å². The van der Waals surface area contributed by atoms with Gasteiger partial charge in [-0.25, -0.2) is 9.78 Å². The van der Waals surface area contributed by atoms with E-state index in [0.717, 1.165) is 11.3 Å². The minimum Gasteiger partial charge on any atom is -0.464 e. The molecule has 1 aliphatic heterocycles. The Morgan fingerprint density at radius 2 is 1.76 bits per heavy atom. The van der Waals surface area contributed by atoms with E-state index in [9.17, 15) is 14.4 Å². The molecule has 11 heteroatoms. The summed E-state index contributed by atoms with van der Waals surface area (Å²) in [5.41, 5.74) is 1.94. The summed E-state index contributed by atoms with van der Waals surface area (Å²) in [7, 11) is 1.29. The molecule has 0 saturated heterocycles. The predicted molar refractivity (Wildman–Crippen MR) is 141 cm³/mol. The number of rotatable bonds is 9. The zero-order valence-corrected chi connectivity index (χ0v) is 21.5. The van der Waals surface area contributed by atoms with E-state index >= 15 is 0 Å². The smallest absolute Gasteiger partial charge is 0.356 e. The van der Waals surface area contributed by atoms with Crippen LogP contribution < -0.4 is 20.7 Å². The van der Waals surface area contributed by atoms with E-state index < -0.39 is 12.3 Å². The molecule has 38 heavy (non-hydrogen) atoms. The second-order valence-corrected chi connectivity index (χ2v) is 8.67. The molecule has 1 unspecified atom stereocenters. The average Bonchev–Trinajstić information content (AvgIpc) is 2.94. The summed E-state index contributed by atoms with van der Waals surface area (Å²) >= 11 is 6.01. The average molecular weight is 536 g/mol. The van der Waals surface area contributed by atoms with Gasteiger partial charge < -0.3 is 25.4 Å². The number of ether oxygens (including phenoxy) is 2. The number of methoxy groups -OCH3 is 1. The molecule has 0 saturated carbocycles. The normalized spacial score (nSPS) is 14.7. The number of halogens is 1. The molecule has 2 aromatic carbocycles. The second-order valence-electron chi connectivity index (χ2n) is 8.23. The number of benzene rings is 2. The van der Waals surface area contributed by atoms with Crippen LogP contribution in [-0.4, -0.2) is 41.1 Å². The summed E-state index contributed by atoms with van der Waals surface area (Å²) in [6, 6.07) is 17.5. The van der Waals surface area contributed by atoms with Crippen molar-refractivity contribution in [1.82, 2.24) is 20.5 Å². The Labute approximate surface area is 224 Å². The van der Waals surface area contributed by atoms with Crippen LogP contribution in [-0.2, 0) is 20.9 Å². The van der Waals surface area contributed by atoms with Gasteiger partial charge in [0.25, 0.3) is 5.91 Å². The number of hydrogen-bond acceptors (Lipinski definition) is 8. The fraction of sp³-hybridized carbons (Fsp3) is 0.185. The molecule has 3 aromatic rings. The highest BCUT2D eigenvalue weighted by atomic mass is 35.5. The Morgan fingerprint density at radius 1 is 1.05 bits per heavy atom. The van der Waals surface area contributed by atoms with Crippen molar-refractivity contribution in [3.05, 3.63) is 95.0 Å². The van der Waals surface area contributed by atoms with Crippen molar-refractivity contribution in [3.8, 4) is 11.5 Å². The lowest BCUT2D eigenvalue weighted by Gasteiger charge is -2.37. The van der Waals surface area contributed by atoms with Crippen LogP contribution in [0, 0.1) is 0 Å². The van der Waals surface area contributed by atoms with Gasteiger partial charge in [0.05, 0.1) is 13.3 Å². The third-order valence-electron chi connectivity index (χ3n) is 5.57. The maximum Gasteiger partial charge on any atom is 0.356 e. The lowest BCUT2D eigenvalue weighted by molar-refractivity contribution is -0.133. The molecule has 1 aromatic heterocycles. The number of nitrogens with one attached hydrogen (secondary N) is 3. The van der Waals surface area contributed by atoms with E-state index in [1.54, 1.807) is 54.3 Å². The van der Waals surface area contributed by atoms with Gasteiger partial charge in [-0.3, -0.25) is 14.5 Å². The minimum atomic E-state index is -0.595. The number of nitrogens with zero attached hydrogens (tertiary/aromatic N) is 2. The topological polar surface area (TPSA) is 122 Å². The third kappa shape index (κ3) is 6.60. The molecule has 1 aliphatic rings. The molecule has 1 atom stereocenters. The highest BCUT2D eigenvalue weighted by Gasteiger charge is 2.31. The summed E-state index contributed by atoms with van der Waals surface area (Å²) < 4.78 is 10.4. The molecule has 3 N–H and O–H groups in total. The number of esters is 1. The van der Waals surface area contributed by atoms with Crippen LogP contribution in [0.2, 0.25) is 5.02 Å². The molecule has 0 aliphatic carbocycles. The van der Waals surface area contributed by atoms with Crippen molar-refractivity contribution in [2.24, 2.45) is 0 Å². The van der Waals surface area contributed by atoms with Crippen LogP contribution in [0.4, 0.5) is 5.69 Å². The van der Waals surface area contributed by atoms with E-state index in [1.807, 2.05) is 12.1 Å². The van der Waals surface area contributed by atoms with E-state index in [4.69, 9.17) is 16.3 Å². The van der Waals surface area contributed by atoms with Gasteiger partial charge in [-0.2, -0.15) is 0 Å². The number of pyridine rings is 1. The van der Waals surface area contributed by atoms with Gasteiger partial charge in [-0.15, -0.1) is 0 Å². The molecule has 196 valence electrons. The summed E-state index contributed by atoms with van der Waals surface area (Å²) in [5.74, 6) is -0.102. The Balaban J connectivity index is 1.47. The van der Waals surface area contributed by atoms with Crippen molar-refractivity contribution in [2.75, 3.05) is 12.4 Å². The Bertz CT molecular complexity index is 1330. The zero-order chi connectivity index (χ0) is 27.1. The maximum atomic E-state index is 13.3. The molecular weight excluding hydrogens is 510 g/mol. The van der Waals surface area contributed by atoms with Crippen LogP contribution >= 0.6 is 11.6 Å². The van der Waals surface area contributed by atoms with E-state index in [-0.39, 0.29) is 36.2 Å². The highest BCUT2D eigenvalue weighted by Crippen LogP contribution is 2.24. The molecule has 0 bridgehead atoms. The first kappa shape index (κ1) is 26.5. The van der Waals surface area contributed by atoms with E-state index in [2.05, 4.69) is 25.7 Å².